The molecule has 0 unspecified atom stereocenters. The third-order valence-corrected chi connectivity index (χ3v) is 3.27. The van der Waals surface area contributed by atoms with Gasteiger partial charge in [-0.2, -0.15) is 0 Å². The van der Waals surface area contributed by atoms with E-state index in [9.17, 15) is 4.79 Å². The van der Waals surface area contributed by atoms with Crippen molar-refractivity contribution in [1.82, 2.24) is 4.98 Å². The van der Waals surface area contributed by atoms with Crippen LogP contribution in [-0.2, 0) is 16.0 Å². The summed E-state index contributed by atoms with van der Waals surface area (Å²) < 4.78 is 10.9. The first kappa shape index (κ1) is 16.3. The molecular formula is C18H23NO3. The van der Waals surface area contributed by atoms with Crippen LogP contribution in [0, 0.1) is 5.41 Å². The smallest absolute Gasteiger partial charge is 0.306 e. The van der Waals surface area contributed by atoms with E-state index in [1.165, 1.54) is 0 Å². The Morgan fingerprint density at radius 3 is 2.64 bits per heavy atom. The molecule has 1 heterocycles. The Labute approximate surface area is 131 Å². The predicted octanol–water partition coefficient (Wildman–Crippen LogP) is 4.25. The van der Waals surface area contributed by atoms with Crippen LogP contribution in [0.15, 0.2) is 40.9 Å². The Bertz CT molecular complexity index is 596. The number of carbonyl (C=O) groups is 1. The van der Waals surface area contributed by atoms with Gasteiger partial charge in [0.15, 0.2) is 11.7 Å². The lowest BCUT2D eigenvalue weighted by Crippen LogP contribution is -2.13. The average Bonchev–Trinajstić information content (AvgIpc) is 2.94. The van der Waals surface area contributed by atoms with Crippen LogP contribution in [-0.4, -0.2) is 17.6 Å². The topological polar surface area (TPSA) is 52.3 Å². The summed E-state index contributed by atoms with van der Waals surface area (Å²) in [5.74, 6) is 1.08. The third kappa shape index (κ3) is 5.35. The molecule has 0 amide bonds. The van der Waals surface area contributed by atoms with Crippen molar-refractivity contribution in [2.75, 3.05) is 6.61 Å². The van der Waals surface area contributed by atoms with Gasteiger partial charge < -0.3 is 9.15 Å². The van der Waals surface area contributed by atoms with E-state index in [-0.39, 0.29) is 11.4 Å². The molecule has 118 valence electrons. The van der Waals surface area contributed by atoms with Gasteiger partial charge in [-0.1, -0.05) is 51.1 Å². The fourth-order valence-electron chi connectivity index (χ4n) is 1.91. The van der Waals surface area contributed by atoms with E-state index in [1.54, 1.807) is 6.20 Å². The maximum Gasteiger partial charge on any atom is 0.306 e. The number of oxazole rings is 1. The second-order valence-electron chi connectivity index (χ2n) is 6.52. The minimum atomic E-state index is -0.205. The Kier molecular flexibility index (Phi) is 5.36. The fraction of sp³-hybridized carbons (Fsp3) is 0.444. The van der Waals surface area contributed by atoms with Crippen LogP contribution in [0.4, 0.5) is 0 Å². The Morgan fingerprint density at radius 2 is 1.95 bits per heavy atom. The normalized spacial score (nSPS) is 11.4. The highest BCUT2D eigenvalue weighted by Gasteiger charge is 2.13. The van der Waals surface area contributed by atoms with Crippen molar-refractivity contribution in [1.29, 1.82) is 0 Å². The first-order chi connectivity index (χ1) is 10.4. The summed E-state index contributed by atoms with van der Waals surface area (Å²) in [4.78, 5) is 15.9. The van der Waals surface area contributed by atoms with E-state index in [1.807, 2.05) is 30.3 Å². The highest BCUT2D eigenvalue weighted by atomic mass is 16.5. The van der Waals surface area contributed by atoms with Crippen molar-refractivity contribution in [3.8, 4) is 11.3 Å². The molecule has 4 nitrogen and oxygen atoms in total. The number of carbonyl (C=O) groups excluding carboxylic acids is 1. The zero-order valence-corrected chi connectivity index (χ0v) is 13.5. The first-order valence-electron chi connectivity index (χ1n) is 7.60. The maximum absolute atomic E-state index is 11.7. The minimum absolute atomic E-state index is 0.174. The summed E-state index contributed by atoms with van der Waals surface area (Å²) in [6.07, 6.45) is 3.30. The van der Waals surface area contributed by atoms with Gasteiger partial charge in [-0.3, -0.25) is 4.79 Å². The van der Waals surface area contributed by atoms with Gasteiger partial charge in [0.1, 0.15) is 0 Å². The number of nitrogens with zero attached hydrogens (tertiary/aromatic N) is 1. The summed E-state index contributed by atoms with van der Waals surface area (Å²) in [5, 5.41) is 0. The predicted molar refractivity (Wildman–Crippen MR) is 85.3 cm³/mol. The van der Waals surface area contributed by atoms with Gasteiger partial charge in [-0.25, -0.2) is 4.98 Å². The molecule has 0 bridgehead atoms. The van der Waals surface area contributed by atoms with E-state index in [0.717, 1.165) is 17.7 Å². The van der Waals surface area contributed by atoms with E-state index in [0.29, 0.717) is 25.3 Å². The van der Waals surface area contributed by atoms with Gasteiger partial charge in [0.05, 0.1) is 19.2 Å². The molecule has 0 spiro atoms. The molecule has 1 aromatic heterocycles. The van der Waals surface area contributed by atoms with Gasteiger partial charge in [-0.05, 0) is 11.8 Å². The Balaban J connectivity index is 1.78. The second kappa shape index (κ2) is 7.25. The Morgan fingerprint density at radius 1 is 1.23 bits per heavy atom. The highest BCUT2D eigenvalue weighted by Crippen LogP contribution is 2.20. The van der Waals surface area contributed by atoms with E-state index in [2.05, 4.69) is 25.8 Å². The fourth-order valence-corrected chi connectivity index (χ4v) is 1.91. The molecule has 0 radical (unpaired) electrons. The number of aryl methyl sites for hydroxylation is 1. The lowest BCUT2D eigenvalue weighted by molar-refractivity contribution is -0.144. The Hall–Kier alpha value is -2.10. The zero-order valence-electron chi connectivity index (χ0n) is 13.5. The largest absolute Gasteiger partial charge is 0.466 e. The van der Waals surface area contributed by atoms with Crippen LogP contribution in [0.25, 0.3) is 11.3 Å². The number of aromatic nitrogens is 1. The van der Waals surface area contributed by atoms with Crippen LogP contribution in [0.3, 0.4) is 0 Å². The average molecular weight is 301 g/mol. The van der Waals surface area contributed by atoms with Crippen LogP contribution in [0.1, 0.15) is 39.5 Å². The molecule has 0 aliphatic carbocycles. The summed E-state index contributed by atoms with van der Waals surface area (Å²) in [5.41, 5.74) is 1.15. The minimum Gasteiger partial charge on any atom is -0.466 e. The third-order valence-electron chi connectivity index (χ3n) is 3.27. The van der Waals surface area contributed by atoms with Crippen LogP contribution < -0.4 is 0 Å². The van der Waals surface area contributed by atoms with Crippen molar-refractivity contribution in [2.45, 2.75) is 40.0 Å². The van der Waals surface area contributed by atoms with Crippen molar-refractivity contribution in [3.63, 3.8) is 0 Å². The SMILES string of the molecule is CC(C)(C)CCOC(=O)CCc1ncc(-c2ccccc2)o1. The van der Waals surface area contributed by atoms with Crippen LogP contribution >= 0.6 is 0 Å². The molecule has 2 aromatic rings. The van der Waals surface area contributed by atoms with Gasteiger partial charge in [0, 0.05) is 12.0 Å². The van der Waals surface area contributed by atoms with Gasteiger partial charge >= 0.3 is 5.97 Å². The number of ether oxygens (including phenoxy) is 1. The van der Waals surface area contributed by atoms with Crippen molar-refractivity contribution in [2.24, 2.45) is 5.41 Å². The van der Waals surface area contributed by atoms with Crippen LogP contribution in [0.5, 0.6) is 0 Å². The second-order valence-corrected chi connectivity index (χ2v) is 6.52. The van der Waals surface area contributed by atoms with Crippen molar-refractivity contribution in [3.05, 3.63) is 42.4 Å². The zero-order chi connectivity index (χ0) is 16.0. The summed E-state index contributed by atoms with van der Waals surface area (Å²) >= 11 is 0. The standard InChI is InChI=1S/C18H23NO3/c1-18(2,3)11-12-21-17(20)10-9-16-19-13-15(22-16)14-7-5-4-6-8-14/h4-8,13H,9-12H2,1-3H3. The summed E-state index contributed by atoms with van der Waals surface area (Å²) in [6, 6.07) is 9.78. The summed E-state index contributed by atoms with van der Waals surface area (Å²) in [6.45, 7) is 6.83. The monoisotopic (exact) mass is 301 g/mol. The van der Waals surface area contributed by atoms with Crippen molar-refractivity contribution < 1.29 is 13.9 Å². The summed E-state index contributed by atoms with van der Waals surface area (Å²) in [7, 11) is 0. The molecule has 22 heavy (non-hydrogen) atoms. The molecule has 0 saturated carbocycles. The molecule has 0 aliphatic heterocycles. The van der Waals surface area contributed by atoms with E-state index in [4.69, 9.17) is 9.15 Å². The lowest BCUT2D eigenvalue weighted by atomic mass is 9.93. The molecule has 0 atom stereocenters. The van der Waals surface area contributed by atoms with Crippen molar-refractivity contribution >= 4 is 5.97 Å². The molecule has 4 heteroatoms. The van der Waals surface area contributed by atoms with Gasteiger partial charge in [0.2, 0.25) is 0 Å². The van der Waals surface area contributed by atoms with E-state index < -0.39 is 0 Å². The molecule has 0 fully saturated rings. The number of rotatable bonds is 6. The van der Waals surface area contributed by atoms with Gasteiger partial charge in [0.25, 0.3) is 0 Å². The quantitative estimate of drug-likeness (QED) is 0.748. The van der Waals surface area contributed by atoms with E-state index >= 15 is 0 Å². The highest BCUT2D eigenvalue weighted by molar-refractivity contribution is 5.69. The maximum atomic E-state index is 11.7. The number of benzene rings is 1. The number of hydrogen-bond acceptors (Lipinski definition) is 4. The molecule has 0 N–H and O–H groups in total. The number of hydrogen-bond donors (Lipinski definition) is 0. The molecular weight excluding hydrogens is 278 g/mol. The van der Waals surface area contributed by atoms with Gasteiger partial charge in [-0.15, -0.1) is 0 Å². The molecule has 1 aromatic carbocycles. The first-order valence-corrected chi connectivity index (χ1v) is 7.60. The molecule has 0 aliphatic rings. The molecule has 2 rings (SSSR count). The molecule has 0 saturated heterocycles. The number of esters is 1. The lowest BCUT2D eigenvalue weighted by Gasteiger charge is -2.17. The van der Waals surface area contributed by atoms with Crippen LogP contribution in [0.2, 0.25) is 0 Å².